The fraction of sp³-hybridized carbons (Fsp3) is 0.312. The number of hydrogen-bond donors (Lipinski definition) is 1. The molecule has 132 valence electrons. The van der Waals surface area contributed by atoms with Crippen LogP contribution < -0.4 is 4.72 Å². The van der Waals surface area contributed by atoms with Crippen molar-refractivity contribution in [2.45, 2.75) is 31.7 Å². The summed E-state index contributed by atoms with van der Waals surface area (Å²) in [4.78, 5) is 4.24. The lowest BCUT2D eigenvalue weighted by Crippen LogP contribution is -2.29. The zero-order chi connectivity index (χ0) is 18.2. The number of hydrogen-bond acceptors (Lipinski definition) is 6. The van der Waals surface area contributed by atoms with E-state index in [9.17, 15) is 8.42 Å². The third-order valence-electron chi connectivity index (χ3n) is 3.85. The Bertz CT molecular complexity index is 1010. The second kappa shape index (κ2) is 6.41. The van der Waals surface area contributed by atoms with Crippen molar-refractivity contribution < 1.29 is 12.8 Å². The van der Waals surface area contributed by atoms with Gasteiger partial charge in [0.15, 0.2) is 11.7 Å². The summed E-state index contributed by atoms with van der Waals surface area (Å²) in [5.41, 5.74) is 1.29. The monoisotopic (exact) mass is 361 g/mol. The minimum absolute atomic E-state index is 0.188. The van der Waals surface area contributed by atoms with Gasteiger partial charge in [0.1, 0.15) is 12.2 Å². The highest BCUT2D eigenvalue weighted by atomic mass is 32.2. The van der Waals surface area contributed by atoms with Gasteiger partial charge in [0.2, 0.25) is 10.0 Å². The molecule has 1 atom stereocenters. The molecule has 1 N–H and O–H groups in total. The Morgan fingerprint density at radius 3 is 2.64 bits per heavy atom. The first-order chi connectivity index (χ1) is 11.8. The van der Waals surface area contributed by atoms with E-state index in [4.69, 9.17) is 4.42 Å². The fourth-order valence-corrected chi connectivity index (χ4v) is 4.04. The number of oxazole rings is 1. The molecule has 0 bridgehead atoms. The number of nitrogens with one attached hydrogen (secondary N) is 1. The largest absolute Gasteiger partial charge is 0.441 e. The number of aryl methyl sites for hydroxylation is 3. The van der Waals surface area contributed by atoms with Crippen LogP contribution in [0.2, 0.25) is 0 Å². The van der Waals surface area contributed by atoms with Crippen LogP contribution in [-0.4, -0.2) is 28.2 Å². The molecule has 0 radical (unpaired) electrons. The van der Waals surface area contributed by atoms with Crippen LogP contribution in [0.3, 0.4) is 0 Å². The van der Waals surface area contributed by atoms with E-state index < -0.39 is 16.1 Å². The zero-order valence-corrected chi connectivity index (χ0v) is 15.2. The van der Waals surface area contributed by atoms with Crippen molar-refractivity contribution in [2.75, 3.05) is 0 Å². The van der Waals surface area contributed by atoms with Gasteiger partial charge in [-0.2, -0.15) is 0 Å². The van der Waals surface area contributed by atoms with Crippen LogP contribution in [0.5, 0.6) is 0 Å². The normalized spacial score (nSPS) is 13.1. The molecule has 8 nitrogen and oxygen atoms in total. The summed E-state index contributed by atoms with van der Waals surface area (Å²) in [5, 5.41) is 7.72. The van der Waals surface area contributed by atoms with E-state index >= 15 is 0 Å². The lowest BCUT2D eigenvalue weighted by atomic mass is 10.1. The predicted octanol–water partition coefficient (Wildman–Crippen LogP) is 2.13. The van der Waals surface area contributed by atoms with Gasteiger partial charge < -0.3 is 8.98 Å². The standard InChI is InChI=1S/C16H19N5O3S/c1-10-5-6-13(14-8-17-12(3)24-14)7-15(10)25(22,23)20-11(2)16-19-18-9-21(16)4/h5-9,11,20H,1-4H3/t11-/m0/s1. The zero-order valence-electron chi connectivity index (χ0n) is 14.4. The van der Waals surface area contributed by atoms with Gasteiger partial charge in [0.25, 0.3) is 0 Å². The first-order valence-electron chi connectivity index (χ1n) is 7.67. The molecule has 0 saturated carbocycles. The van der Waals surface area contributed by atoms with Crippen molar-refractivity contribution in [1.82, 2.24) is 24.5 Å². The smallest absolute Gasteiger partial charge is 0.241 e. The highest BCUT2D eigenvalue weighted by Crippen LogP contribution is 2.26. The fourth-order valence-electron chi connectivity index (χ4n) is 2.57. The molecule has 0 aliphatic carbocycles. The molecule has 25 heavy (non-hydrogen) atoms. The first kappa shape index (κ1) is 17.3. The number of nitrogens with zero attached hydrogens (tertiary/aromatic N) is 4. The molecular formula is C16H19N5O3S. The molecule has 2 aromatic heterocycles. The highest BCUT2D eigenvalue weighted by molar-refractivity contribution is 7.89. The maximum absolute atomic E-state index is 12.8. The molecule has 0 saturated heterocycles. The van der Waals surface area contributed by atoms with Crippen LogP contribution in [0.1, 0.15) is 30.2 Å². The van der Waals surface area contributed by atoms with E-state index in [-0.39, 0.29) is 4.90 Å². The van der Waals surface area contributed by atoms with Gasteiger partial charge in [-0.15, -0.1) is 10.2 Å². The second-order valence-electron chi connectivity index (χ2n) is 5.87. The summed E-state index contributed by atoms with van der Waals surface area (Å²) in [5.74, 6) is 1.58. The minimum atomic E-state index is -3.75. The van der Waals surface area contributed by atoms with Crippen LogP contribution in [0.15, 0.2) is 40.0 Å². The van der Waals surface area contributed by atoms with E-state index in [0.29, 0.717) is 28.6 Å². The lowest BCUT2D eigenvalue weighted by molar-refractivity contribution is 0.534. The summed E-state index contributed by atoms with van der Waals surface area (Å²) >= 11 is 0. The van der Waals surface area contributed by atoms with Gasteiger partial charge in [-0.05, 0) is 25.5 Å². The van der Waals surface area contributed by atoms with E-state index in [2.05, 4.69) is 19.9 Å². The third-order valence-corrected chi connectivity index (χ3v) is 5.53. The van der Waals surface area contributed by atoms with Crippen LogP contribution in [0.25, 0.3) is 11.3 Å². The van der Waals surface area contributed by atoms with Gasteiger partial charge >= 0.3 is 0 Å². The summed E-state index contributed by atoms with van der Waals surface area (Å²) in [6.45, 7) is 5.21. The van der Waals surface area contributed by atoms with Gasteiger partial charge in [0.05, 0.1) is 17.1 Å². The van der Waals surface area contributed by atoms with Crippen LogP contribution in [-0.2, 0) is 17.1 Å². The van der Waals surface area contributed by atoms with Crippen molar-refractivity contribution in [3.05, 3.63) is 48.0 Å². The molecule has 0 fully saturated rings. The summed E-state index contributed by atoms with van der Waals surface area (Å²) in [6.07, 6.45) is 3.10. The van der Waals surface area contributed by atoms with Gasteiger partial charge in [0, 0.05) is 19.5 Å². The SMILES string of the molecule is Cc1ncc(-c2ccc(C)c(S(=O)(=O)N[C@@H](C)c3nncn3C)c2)o1. The average molecular weight is 361 g/mol. The number of rotatable bonds is 5. The molecule has 3 rings (SSSR count). The average Bonchev–Trinajstić information content (AvgIpc) is 3.15. The molecule has 1 aromatic carbocycles. The van der Waals surface area contributed by atoms with E-state index in [0.717, 1.165) is 0 Å². The molecule has 0 unspecified atom stereocenters. The molecule has 9 heteroatoms. The lowest BCUT2D eigenvalue weighted by Gasteiger charge is -2.15. The van der Waals surface area contributed by atoms with Crippen LogP contribution in [0.4, 0.5) is 0 Å². The maximum Gasteiger partial charge on any atom is 0.241 e. The summed E-state index contributed by atoms with van der Waals surface area (Å²) < 4.78 is 35.5. The van der Waals surface area contributed by atoms with Gasteiger partial charge in [-0.1, -0.05) is 12.1 Å². The van der Waals surface area contributed by atoms with Gasteiger partial charge in [-0.25, -0.2) is 18.1 Å². The molecule has 3 aromatic rings. The number of sulfonamides is 1. The number of benzene rings is 1. The van der Waals surface area contributed by atoms with Crippen LogP contribution in [0, 0.1) is 13.8 Å². The van der Waals surface area contributed by atoms with Crippen molar-refractivity contribution in [1.29, 1.82) is 0 Å². The van der Waals surface area contributed by atoms with E-state index in [1.165, 1.54) is 6.33 Å². The third kappa shape index (κ3) is 3.47. The van der Waals surface area contributed by atoms with E-state index in [1.54, 1.807) is 56.8 Å². The molecule has 0 aliphatic rings. The first-order valence-corrected chi connectivity index (χ1v) is 9.16. The molecule has 0 aliphatic heterocycles. The Morgan fingerprint density at radius 2 is 2.04 bits per heavy atom. The Labute approximate surface area is 146 Å². The molecule has 0 amide bonds. The Balaban J connectivity index is 1.95. The summed E-state index contributed by atoms with van der Waals surface area (Å²) in [7, 11) is -1.99. The second-order valence-corrected chi connectivity index (χ2v) is 7.55. The maximum atomic E-state index is 12.8. The Morgan fingerprint density at radius 1 is 1.28 bits per heavy atom. The predicted molar refractivity (Wildman–Crippen MR) is 91.2 cm³/mol. The van der Waals surface area contributed by atoms with Crippen molar-refractivity contribution >= 4 is 10.0 Å². The molecular weight excluding hydrogens is 342 g/mol. The van der Waals surface area contributed by atoms with Crippen molar-refractivity contribution in [3.8, 4) is 11.3 Å². The topological polar surface area (TPSA) is 103 Å². The van der Waals surface area contributed by atoms with Gasteiger partial charge in [-0.3, -0.25) is 0 Å². The number of aromatic nitrogens is 4. The minimum Gasteiger partial charge on any atom is -0.441 e. The highest BCUT2D eigenvalue weighted by Gasteiger charge is 2.23. The van der Waals surface area contributed by atoms with Crippen molar-refractivity contribution in [2.24, 2.45) is 7.05 Å². The molecule has 2 heterocycles. The molecule has 0 spiro atoms. The van der Waals surface area contributed by atoms with Crippen molar-refractivity contribution in [3.63, 3.8) is 0 Å². The quantitative estimate of drug-likeness (QED) is 0.747. The Kier molecular flexibility index (Phi) is 4.44. The van der Waals surface area contributed by atoms with Crippen LogP contribution >= 0.6 is 0 Å². The van der Waals surface area contributed by atoms with E-state index in [1.807, 2.05) is 0 Å². The Hall–Kier alpha value is -2.52. The summed E-state index contributed by atoms with van der Waals surface area (Å²) in [6, 6.07) is 4.61.